The Labute approximate surface area is 150 Å². The molecule has 1 fully saturated rings. The summed E-state index contributed by atoms with van der Waals surface area (Å²) in [5, 5.41) is -5.77. The first-order chi connectivity index (χ1) is 12.3. The second kappa shape index (κ2) is 7.56. The van der Waals surface area contributed by atoms with E-state index in [4.69, 9.17) is 9.29 Å². The number of morpholine rings is 1. The first-order valence-corrected chi connectivity index (χ1v) is 8.83. The molecule has 1 N–H and O–H groups in total. The highest BCUT2D eigenvalue weighted by molar-refractivity contribution is 7.86. The maximum absolute atomic E-state index is 13.4. The number of rotatable bonds is 5. The molecular weight excluding hydrogens is 405 g/mol. The lowest BCUT2D eigenvalue weighted by atomic mass is 10.2. The zero-order valence-corrected chi connectivity index (χ0v) is 14.3. The molecule has 152 valence electrons. The molecule has 0 aliphatic carbocycles. The van der Waals surface area contributed by atoms with Gasteiger partial charge in [0.05, 0.1) is 18.8 Å². The smallest absolute Gasteiger partial charge is 0.432 e. The van der Waals surface area contributed by atoms with E-state index in [-0.39, 0.29) is 0 Å². The summed E-state index contributed by atoms with van der Waals surface area (Å²) < 4.78 is 104. The van der Waals surface area contributed by atoms with E-state index in [1.807, 2.05) is 4.90 Å². The van der Waals surface area contributed by atoms with Crippen LogP contribution >= 0.6 is 0 Å². The number of alkyl halides is 5. The highest BCUT2D eigenvalue weighted by Crippen LogP contribution is 2.38. The average Bonchev–Trinajstić information content (AvgIpc) is 2.58. The van der Waals surface area contributed by atoms with Gasteiger partial charge in [-0.25, -0.2) is 4.79 Å². The third-order valence-electron chi connectivity index (χ3n) is 3.65. The summed E-state index contributed by atoms with van der Waals surface area (Å²) >= 11 is 0. The fourth-order valence-corrected chi connectivity index (χ4v) is 2.72. The van der Waals surface area contributed by atoms with E-state index >= 15 is 0 Å². The van der Waals surface area contributed by atoms with E-state index < -0.39 is 39.2 Å². The fraction of sp³-hybridized carbons (Fsp3) is 0.500. The van der Waals surface area contributed by atoms with E-state index in [1.54, 1.807) is 0 Å². The van der Waals surface area contributed by atoms with Gasteiger partial charge in [-0.2, -0.15) is 30.4 Å². The topological polar surface area (TPSA) is 93.1 Å². The van der Waals surface area contributed by atoms with Crippen LogP contribution in [0, 0.1) is 0 Å². The summed E-state index contributed by atoms with van der Waals surface area (Å²) in [6.07, 6.45) is -10.3. The second-order valence-corrected chi connectivity index (χ2v) is 7.00. The van der Waals surface area contributed by atoms with Gasteiger partial charge in [-0.1, -0.05) is 0 Å². The largest absolute Gasteiger partial charge is 0.441 e. The Morgan fingerprint density at radius 3 is 2.07 bits per heavy atom. The summed E-state index contributed by atoms with van der Waals surface area (Å²) in [5.41, 5.74) is 0.109. The summed E-state index contributed by atoms with van der Waals surface area (Å²) in [6.45, 7) is 2.00. The van der Waals surface area contributed by atoms with Crippen molar-refractivity contribution in [1.29, 1.82) is 0 Å². The molecule has 1 unspecified atom stereocenters. The molecule has 1 aromatic rings. The van der Waals surface area contributed by atoms with E-state index in [1.165, 1.54) is 12.1 Å². The number of carbonyl (C=O) groups is 1. The van der Waals surface area contributed by atoms with Crippen LogP contribution in [0.15, 0.2) is 24.3 Å². The van der Waals surface area contributed by atoms with Gasteiger partial charge in [-0.15, -0.1) is 0 Å². The summed E-state index contributed by atoms with van der Waals surface area (Å²) in [5.74, 6) is -1.82. The van der Waals surface area contributed by atoms with Crippen molar-refractivity contribution in [2.45, 2.75) is 17.5 Å². The van der Waals surface area contributed by atoms with Crippen molar-refractivity contribution < 1.29 is 49.2 Å². The van der Waals surface area contributed by atoms with Crippen molar-refractivity contribution in [1.82, 2.24) is 0 Å². The minimum atomic E-state index is -6.48. The third-order valence-corrected chi connectivity index (χ3v) is 4.55. The minimum Gasteiger partial charge on any atom is -0.441 e. The molecule has 1 saturated heterocycles. The van der Waals surface area contributed by atoms with Crippen LogP contribution in [0.25, 0.3) is 0 Å². The third kappa shape index (κ3) is 4.84. The molecule has 1 aliphatic heterocycles. The quantitative estimate of drug-likeness (QED) is 0.444. The maximum atomic E-state index is 13.4. The lowest BCUT2D eigenvalue weighted by Crippen LogP contribution is -2.52. The number of halogens is 5. The Morgan fingerprint density at radius 2 is 1.63 bits per heavy atom. The predicted molar refractivity (Wildman–Crippen MR) is 81.2 cm³/mol. The standard InChI is InChI=1S/C14H14F5NO6S/c15-13(16,17)12(14(18,19)27(22,23)24)26-11(21)9-1-3-10(4-2-9)20-5-7-25-8-6-20/h1-4,12H,5-8H2,(H,22,23,24). The molecule has 1 heterocycles. The molecule has 0 spiro atoms. The van der Waals surface area contributed by atoms with Crippen LogP contribution in [0.5, 0.6) is 0 Å². The number of nitrogens with zero attached hydrogens (tertiary/aromatic N) is 1. The first kappa shape index (κ1) is 21.3. The van der Waals surface area contributed by atoms with Crippen LogP contribution in [0.4, 0.5) is 27.6 Å². The number of anilines is 1. The monoisotopic (exact) mass is 419 g/mol. The minimum absolute atomic E-state index is 0.460. The van der Waals surface area contributed by atoms with Crippen molar-refractivity contribution in [3.8, 4) is 0 Å². The number of benzene rings is 1. The van der Waals surface area contributed by atoms with Gasteiger partial charge in [0, 0.05) is 18.8 Å². The van der Waals surface area contributed by atoms with Gasteiger partial charge in [0.25, 0.3) is 6.10 Å². The Balaban J connectivity index is 2.20. The molecule has 13 heteroatoms. The molecule has 0 bridgehead atoms. The molecule has 0 amide bonds. The molecular formula is C14H14F5NO6S. The molecule has 27 heavy (non-hydrogen) atoms. The van der Waals surface area contributed by atoms with Gasteiger partial charge in [-0.3, -0.25) is 4.55 Å². The number of esters is 1. The van der Waals surface area contributed by atoms with Crippen LogP contribution in [-0.4, -0.2) is 62.8 Å². The Hall–Kier alpha value is -1.99. The summed E-state index contributed by atoms with van der Waals surface area (Å²) in [6, 6.07) is 4.83. The van der Waals surface area contributed by atoms with Gasteiger partial charge in [-0.05, 0) is 24.3 Å². The van der Waals surface area contributed by atoms with Gasteiger partial charge in [0.15, 0.2) is 0 Å². The van der Waals surface area contributed by atoms with Crippen LogP contribution in [0.3, 0.4) is 0 Å². The van der Waals surface area contributed by atoms with Gasteiger partial charge < -0.3 is 14.4 Å². The van der Waals surface area contributed by atoms with Gasteiger partial charge in [0.2, 0.25) is 0 Å². The molecule has 0 radical (unpaired) electrons. The van der Waals surface area contributed by atoms with Crippen molar-refractivity contribution in [3.05, 3.63) is 29.8 Å². The SMILES string of the molecule is O=C(OC(C(F)(F)F)C(F)(F)S(=O)(=O)O)c1ccc(N2CCOCC2)cc1. The van der Waals surface area contributed by atoms with E-state index in [0.717, 1.165) is 12.1 Å². The Kier molecular flexibility index (Phi) is 5.97. The fourth-order valence-electron chi connectivity index (χ4n) is 2.27. The highest BCUT2D eigenvalue weighted by Gasteiger charge is 2.66. The zero-order valence-electron chi connectivity index (χ0n) is 13.4. The van der Waals surface area contributed by atoms with E-state index in [0.29, 0.717) is 32.0 Å². The lowest BCUT2D eigenvalue weighted by Gasteiger charge is -2.29. The molecule has 1 aliphatic rings. The number of ether oxygens (including phenoxy) is 2. The van der Waals surface area contributed by atoms with Crippen molar-refractivity contribution in [2.75, 3.05) is 31.2 Å². The normalized spacial score (nSPS) is 17.5. The number of hydrogen-bond donors (Lipinski definition) is 1. The first-order valence-electron chi connectivity index (χ1n) is 7.39. The molecule has 0 aromatic heterocycles. The summed E-state index contributed by atoms with van der Waals surface area (Å²) in [7, 11) is -6.48. The number of hydrogen-bond acceptors (Lipinski definition) is 6. The van der Waals surface area contributed by atoms with Crippen LogP contribution in [-0.2, 0) is 19.6 Å². The number of carbonyl (C=O) groups excluding carboxylic acids is 1. The van der Waals surface area contributed by atoms with Crippen molar-refractivity contribution in [3.63, 3.8) is 0 Å². The van der Waals surface area contributed by atoms with Crippen LogP contribution in [0.1, 0.15) is 10.4 Å². The van der Waals surface area contributed by atoms with E-state index in [2.05, 4.69) is 4.74 Å². The lowest BCUT2D eigenvalue weighted by molar-refractivity contribution is -0.248. The second-order valence-electron chi connectivity index (χ2n) is 5.51. The molecule has 1 atom stereocenters. The molecule has 2 rings (SSSR count). The maximum Gasteiger partial charge on any atom is 0.432 e. The van der Waals surface area contributed by atoms with Crippen molar-refractivity contribution in [2.24, 2.45) is 0 Å². The molecule has 7 nitrogen and oxygen atoms in total. The van der Waals surface area contributed by atoms with Crippen LogP contribution < -0.4 is 4.90 Å². The highest BCUT2D eigenvalue weighted by atomic mass is 32.2. The van der Waals surface area contributed by atoms with Gasteiger partial charge >= 0.3 is 27.5 Å². The summed E-state index contributed by atoms with van der Waals surface area (Å²) in [4.78, 5) is 13.7. The van der Waals surface area contributed by atoms with E-state index in [9.17, 15) is 35.2 Å². The van der Waals surface area contributed by atoms with Crippen molar-refractivity contribution >= 4 is 21.8 Å². The zero-order chi connectivity index (χ0) is 20.5. The Morgan fingerprint density at radius 1 is 1.11 bits per heavy atom. The van der Waals surface area contributed by atoms with Gasteiger partial charge in [0.1, 0.15) is 0 Å². The average molecular weight is 419 g/mol. The Bertz CT molecular complexity index is 774. The molecule has 0 saturated carbocycles. The van der Waals surface area contributed by atoms with Crippen LogP contribution in [0.2, 0.25) is 0 Å². The molecule has 1 aromatic carbocycles. The predicted octanol–water partition coefficient (Wildman–Crippen LogP) is 2.09.